The lowest BCUT2D eigenvalue weighted by Gasteiger charge is -1.91. The van der Waals surface area contributed by atoms with Crippen LogP contribution in [0.4, 0.5) is 0 Å². The third kappa shape index (κ3) is 1.05. The smallest absolute Gasteiger partial charge is 0.127 e. The van der Waals surface area contributed by atoms with Crippen molar-refractivity contribution in [1.82, 2.24) is 5.32 Å². The zero-order valence-electron chi connectivity index (χ0n) is 4.55. The lowest BCUT2D eigenvalue weighted by Crippen LogP contribution is -2.18. The van der Waals surface area contributed by atoms with Gasteiger partial charge in [0.15, 0.2) is 0 Å². The molecule has 1 N–H and O–H groups in total. The van der Waals surface area contributed by atoms with Crippen LogP contribution in [-0.4, -0.2) is 25.2 Å². The van der Waals surface area contributed by atoms with Crippen molar-refractivity contribution in [2.45, 2.75) is 6.42 Å². The van der Waals surface area contributed by atoms with Crippen LogP contribution in [0.1, 0.15) is 6.42 Å². The Kier molecular flexibility index (Phi) is 1.62. The Morgan fingerprint density at radius 3 is 3.25 bits per heavy atom. The lowest BCUT2D eigenvalue weighted by atomic mass is 10.4. The van der Waals surface area contributed by atoms with E-state index in [1.807, 2.05) is 0 Å². The van der Waals surface area contributed by atoms with Crippen LogP contribution in [0.2, 0.25) is 0 Å². The molecule has 0 saturated heterocycles. The molecule has 1 heterocycles. The Hall–Kier alpha value is -0.860. The van der Waals surface area contributed by atoms with Crippen LogP contribution in [0.3, 0.4) is 0 Å². The van der Waals surface area contributed by atoms with E-state index in [9.17, 15) is 4.79 Å². The molecule has 0 bridgehead atoms. The van der Waals surface area contributed by atoms with Crippen molar-refractivity contribution in [3.05, 3.63) is 0 Å². The maximum Gasteiger partial charge on any atom is 0.127 e. The van der Waals surface area contributed by atoms with Gasteiger partial charge in [-0.2, -0.15) is 0 Å². The van der Waals surface area contributed by atoms with E-state index < -0.39 is 0 Å². The van der Waals surface area contributed by atoms with Crippen molar-refractivity contribution >= 4 is 12.1 Å². The van der Waals surface area contributed by atoms with Crippen molar-refractivity contribution in [3.63, 3.8) is 0 Å². The number of hydrogen-bond acceptors (Lipinski definition) is 3. The van der Waals surface area contributed by atoms with E-state index in [4.69, 9.17) is 0 Å². The minimum Gasteiger partial charge on any atom is -0.372 e. The number of aliphatic imine (C=N–C) groups is 1. The summed E-state index contributed by atoms with van der Waals surface area (Å²) < 4.78 is 0. The predicted octanol–water partition coefficient (Wildman–Crippen LogP) is -0.423. The van der Waals surface area contributed by atoms with Crippen LogP contribution in [0, 0.1) is 0 Å². The molecule has 3 nitrogen and oxygen atoms in total. The van der Waals surface area contributed by atoms with Crippen LogP contribution in [0.25, 0.3) is 0 Å². The Balaban J connectivity index is 2.33. The average Bonchev–Trinajstić information content (AvgIpc) is 2.19. The Morgan fingerprint density at radius 1 is 1.88 bits per heavy atom. The van der Waals surface area contributed by atoms with E-state index >= 15 is 0 Å². The maximum atomic E-state index is 9.84. The second-order valence-electron chi connectivity index (χ2n) is 1.63. The molecule has 0 aromatic carbocycles. The number of hydrogen-bond donors (Lipinski definition) is 1. The van der Waals surface area contributed by atoms with Crippen molar-refractivity contribution in [2.75, 3.05) is 13.1 Å². The standard InChI is InChI=1S/C5H8N2O/c8-4-1-5-6-2-3-7-5/h4H,1-3H2,(H,6,7). The molecule has 1 rings (SSSR count). The number of carbonyl (C=O) groups is 1. The molecule has 44 valence electrons. The third-order valence-electron chi connectivity index (χ3n) is 1.02. The van der Waals surface area contributed by atoms with Crippen LogP contribution in [-0.2, 0) is 4.79 Å². The summed E-state index contributed by atoms with van der Waals surface area (Å²) >= 11 is 0. The maximum absolute atomic E-state index is 9.84. The van der Waals surface area contributed by atoms with Gasteiger partial charge in [0, 0.05) is 6.54 Å². The van der Waals surface area contributed by atoms with E-state index in [0.717, 1.165) is 25.2 Å². The van der Waals surface area contributed by atoms with Gasteiger partial charge in [-0.05, 0) is 0 Å². The first kappa shape index (κ1) is 5.28. The fourth-order valence-electron chi connectivity index (χ4n) is 0.663. The Bertz CT molecular complexity index is 120. The number of amidine groups is 1. The number of nitrogens with zero attached hydrogens (tertiary/aromatic N) is 1. The minimum absolute atomic E-state index is 0.444. The Morgan fingerprint density at radius 2 is 2.75 bits per heavy atom. The van der Waals surface area contributed by atoms with E-state index in [1.165, 1.54) is 0 Å². The third-order valence-corrected chi connectivity index (χ3v) is 1.02. The predicted molar refractivity (Wildman–Crippen MR) is 31.0 cm³/mol. The highest BCUT2D eigenvalue weighted by atomic mass is 16.1. The molecular weight excluding hydrogens is 104 g/mol. The molecule has 0 amide bonds. The fourth-order valence-corrected chi connectivity index (χ4v) is 0.663. The van der Waals surface area contributed by atoms with E-state index in [1.54, 1.807) is 0 Å². The van der Waals surface area contributed by atoms with Crippen LogP contribution < -0.4 is 5.32 Å². The highest BCUT2D eigenvalue weighted by Gasteiger charge is 2.01. The first-order chi connectivity index (χ1) is 3.93. The fraction of sp³-hybridized carbons (Fsp3) is 0.600. The topological polar surface area (TPSA) is 41.5 Å². The summed E-state index contributed by atoms with van der Waals surface area (Å²) in [5.74, 6) is 0.833. The van der Waals surface area contributed by atoms with Crippen LogP contribution in [0.15, 0.2) is 4.99 Å². The Labute approximate surface area is 47.8 Å². The molecule has 0 aromatic rings. The van der Waals surface area contributed by atoms with Crippen molar-refractivity contribution in [1.29, 1.82) is 0 Å². The molecule has 8 heavy (non-hydrogen) atoms. The largest absolute Gasteiger partial charge is 0.372 e. The summed E-state index contributed by atoms with van der Waals surface area (Å²) in [6.07, 6.45) is 1.30. The molecule has 0 aliphatic carbocycles. The van der Waals surface area contributed by atoms with Gasteiger partial charge in [-0.25, -0.2) is 0 Å². The quantitative estimate of drug-likeness (QED) is 0.493. The van der Waals surface area contributed by atoms with Crippen LogP contribution in [0.5, 0.6) is 0 Å². The molecule has 0 saturated carbocycles. The second-order valence-corrected chi connectivity index (χ2v) is 1.63. The molecule has 0 radical (unpaired) electrons. The average molecular weight is 112 g/mol. The van der Waals surface area contributed by atoms with Crippen molar-refractivity contribution in [2.24, 2.45) is 4.99 Å². The van der Waals surface area contributed by atoms with E-state index in [2.05, 4.69) is 10.3 Å². The van der Waals surface area contributed by atoms with Crippen LogP contribution >= 0.6 is 0 Å². The first-order valence-corrected chi connectivity index (χ1v) is 2.64. The van der Waals surface area contributed by atoms with E-state index in [0.29, 0.717) is 6.42 Å². The summed E-state index contributed by atoms with van der Waals surface area (Å²) in [5.41, 5.74) is 0. The number of nitrogens with one attached hydrogen (secondary N) is 1. The molecule has 0 fully saturated rings. The number of rotatable bonds is 2. The highest BCUT2D eigenvalue weighted by Crippen LogP contribution is 1.86. The molecule has 0 atom stereocenters. The second kappa shape index (κ2) is 2.45. The van der Waals surface area contributed by atoms with Gasteiger partial charge in [0.2, 0.25) is 0 Å². The van der Waals surface area contributed by atoms with Crippen molar-refractivity contribution in [3.8, 4) is 0 Å². The van der Waals surface area contributed by atoms with Gasteiger partial charge in [0.25, 0.3) is 0 Å². The molecule has 0 aromatic heterocycles. The minimum atomic E-state index is 0.444. The monoisotopic (exact) mass is 112 g/mol. The molecule has 0 unspecified atom stereocenters. The van der Waals surface area contributed by atoms with Gasteiger partial charge in [0.05, 0.1) is 13.0 Å². The highest BCUT2D eigenvalue weighted by molar-refractivity contribution is 5.93. The molecule has 1 aliphatic heterocycles. The zero-order chi connectivity index (χ0) is 5.82. The summed E-state index contributed by atoms with van der Waals surface area (Å²) in [6, 6.07) is 0. The first-order valence-electron chi connectivity index (χ1n) is 2.64. The SMILES string of the molecule is O=CCC1=NCCN1. The van der Waals surface area contributed by atoms with Gasteiger partial charge in [-0.3, -0.25) is 4.99 Å². The summed E-state index contributed by atoms with van der Waals surface area (Å²) in [7, 11) is 0. The van der Waals surface area contributed by atoms with Gasteiger partial charge in [0.1, 0.15) is 12.1 Å². The zero-order valence-corrected chi connectivity index (χ0v) is 4.55. The molecule has 1 aliphatic rings. The van der Waals surface area contributed by atoms with Gasteiger partial charge in [-0.1, -0.05) is 0 Å². The summed E-state index contributed by atoms with van der Waals surface area (Å²) in [4.78, 5) is 13.8. The van der Waals surface area contributed by atoms with Gasteiger partial charge in [-0.15, -0.1) is 0 Å². The van der Waals surface area contributed by atoms with Gasteiger partial charge < -0.3 is 10.1 Å². The number of carbonyl (C=O) groups excluding carboxylic acids is 1. The number of aldehydes is 1. The normalized spacial score (nSPS) is 17.2. The molecule has 3 heteroatoms. The lowest BCUT2D eigenvalue weighted by molar-refractivity contribution is -0.106. The van der Waals surface area contributed by atoms with Crippen molar-refractivity contribution < 1.29 is 4.79 Å². The summed E-state index contributed by atoms with van der Waals surface area (Å²) in [5, 5.41) is 2.98. The molecular formula is C5H8N2O. The summed E-state index contributed by atoms with van der Waals surface area (Å²) in [6.45, 7) is 1.71. The van der Waals surface area contributed by atoms with E-state index in [-0.39, 0.29) is 0 Å². The van der Waals surface area contributed by atoms with Gasteiger partial charge >= 0.3 is 0 Å². The molecule has 0 spiro atoms.